The second-order valence-electron chi connectivity index (χ2n) is 4.53. The Bertz CT molecular complexity index is 407. The Morgan fingerprint density at radius 1 is 1.39 bits per heavy atom. The highest BCUT2D eigenvalue weighted by atomic mass is 19.1. The van der Waals surface area contributed by atoms with Crippen molar-refractivity contribution >= 4 is 5.97 Å². The van der Waals surface area contributed by atoms with Crippen molar-refractivity contribution < 1.29 is 18.7 Å². The van der Waals surface area contributed by atoms with Crippen LogP contribution in [0.2, 0.25) is 0 Å². The third kappa shape index (κ3) is 2.53. The van der Waals surface area contributed by atoms with Crippen molar-refractivity contribution in [1.29, 1.82) is 0 Å². The first kappa shape index (κ1) is 13.0. The molecule has 0 bridgehead atoms. The van der Waals surface area contributed by atoms with Crippen molar-refractivity contribution in [2.24, 2.45) is 5.92 Å². The van der Waals surface area contributed by atoms with Crippen LogP contribution in [0.3, 0.4) is 0 Å². The number of ether oxygens (including phenoxy) is 2. The minimum Gasteiger partial charge on any atom is -0.429 e. The van der Waals surface area contributed by atoms with Crippen LogP contribution in [-0.2, 0) is 9.47 Å². The Morgan fingerprint density at radius 2 is 2.06 bits per heavy atom. The summed E-state index contributed by atoms with van der Waals surface area (Å²) in [6.07, 6.45) is -1.82. The minimum absolute atomic E-state index is 0.187. The lowest BCUT2D eigenvalue weighted by molar-refractivity contribution is -0.121. The Hall–Kier alpha value is -1.42. The number of carbonyl (C=O) groups is 1. The molecule has 0 radical (unpaired) electrons. The average molecular weight is 252 g/mol. The summed E-state index contributed by atoms with van der Waals surface area (Å²) in [5.74, 6) is -0.796. The smallest absolute Gasteiger partial charge is 0.340 e. The first-order chi connectivity index (χ1) is 8.63. The van der Waals surface area contributed by atoms with Crippen LogP contribution in [0, 0.1) is 5.92 Å². The number of halogens is 1. The molecule has 0 amide bonds. The number of rotatable bonds is 3. The normalized spacial score (nSPS) is 31.3. The van der Waals surface area contributed by atoms with Gasteiger partial charge in [0.1, 0.15) is 0 Å². The fourth-order valence-corrected chi connectivity index (χ4v) is 2.13. The maximum Gasteiger partial charge on any atom is 0.340 e. The summed E-state index contributed by atoms with van der Waals surface area (Å²) in [5, 5.41) is 0. The molecule has 4 atom stereocenters. The maximum atomic E-state index is 13.9. The van der Waals surface area contributed by atoms with E-state index in [0.717, 1.165) is 0 Å². The van der Waals surface area contributed by atoms with Gasteiger partial charge in [0, 0.05) is 5.92 Å². The zero-order valence-corrected chi connectivity index (χ0v) is 10.5. The van der Waals surface area contributed by atoms with Gasteiger partial charge in [0.25, 0.3) is 0 Å². The molecule has 2 rings (SSSR count). The largest absolute Gasteiger partial charge is 0.429 e. The van der Waals surface area contributed by atoms with E-state index >= 15 is 0 Å². The van der Waals surface area contributed by atoms with Crippen LogP contribution in [0.1, 0.15) is 30.6 Å². The highest BCUT2D eigenvalue weighted by Gasteiger charge is 2.43. The first-order valence-electron chi connectivity index (χ1n) is 6.19. The molecule has 1 fully saturated rings. The standard InChI is InChI=1S/C14H17FO3/c1-3-11-9(2)12(15)14(17-11)18-13(16)10-7-5-4-6-8-10/h4-9,11-12,14H,3H2,1-2H3/t9-,11-,12+,14?/m1/s1. The monoisotopic (exact) mass is 252 g/mol. The van der Waals surface area contributed by atoms with E-state index in [-0.39, 0.29) is 12.0 Å². The van der Waals surface area contributed by atoms with Gasteiger partial charge in [-0.05, 0) is 18.6 Å². The number of alkyl halides is 1. The SMILES string of the molecule is CC[C@H]1OC(OC(=O)c2ccccc2)[C@@H](F)[C@@H]1C. The summed E-state index contributed by atoms with van der Waals surface area (Å²) in [7, 11) is 0. The average Bonchev–Trinajstić information content (AvgIpc) is 2.67. The second kappa shape index (κ2) is 5.48. The van der Waals surface area contributed by atoms with Crippen LogP contribution in [0.4, 0.5) is 4.39 Å². The minimum atomic E-state index is -1.26. The molecule has 18 heavy (non-hydrogen) atoms. The van der Waals surface area contributed by atoms with Gasteiger partial charge in [-0.3, -0.25) is 0 Å². The number of carbonyl (C=O) groups excluding carboxylic acids is 1. The molecule has 0 N–H and O–H groups in total. The van der Waals surface area contributed by atoms with Crippen LogP contribution in [0.25, 0.3) is 0 Å². The van der Waals surface area contributed by atoms with Gasteiger partial charge in [0.15, 0.2) is 6.17 Å². The van der Waals surface area contributed by atoms with E-state index in [1.165, 1.54) is 0 Å². The van der Waals surface area contributed by atoms with Gasteiger partial charge in [-0.1, -0.05) is 32.0 Å². The molecule has 0 saturated carbocycles. The van der Waals surface area contributed by atoms with Crippen molar-refractivity contribution in [3.63, 3.8) is 0 Å². The molecule has 1 aliphatic rings. The van der Waals surface area contributed by atoms with Gasteiger partial charge in [-0.15, -0.1) is 0 Å². The predicted octanol–water partition coefficient (Wildman–Crippen LogP) is 2.95. The summed E-state index contributed by atoms with van der Waals surface area (Å²) in [4.78, 5) is 11.8. The third-order valence-corrected chi connectivity index (χ3v) is 3.29. The highest BCUT2D eigenvalue weighted by molar-refractivity contribution is 5.89. The molecule has 98 valence electrons. The summed E-state index contributed by atoms with van der Waals surface area (Å²) in [6, 6.07) is 8.53. The lowest BCUT2D eigenvalue weighted by Gasteiger charge is -2.14. The van der Waals surface area contributed by atoms with Gasteiger partial charge in [-0.25, -0.2) is 9.18 Å². The molecular formula is C14H17FO3. The molecule has 1 aliphatic heterocycles. The second-order valence-corrected chi connectivity index (χ2v) is 4.53. The van der Waals surface area contributed by atoms with E-state index in [1.54, 1.807) is 37.3 Å². The Labute approximate surface area is 106 Å². The molecule has 3 nitrogen and oxygen atoms in total. The zero-order valence-electron chi connectivity index (χ0n) is 10.5. The highest BCUT2D eigenvalue weighted by Crippen LogP contribution is 2.32. The van der Waals surface area contributed by atoms with Crippen molar-refractivity contribution in [3.8, 4) is 0 Å². The molecule has 1 heterocycles. The maximum absolute atomic E-state index is 13.9. The quantitative estimate of drug-likeness (QED) is 0.776. The number of benzene rings is 1. The topological polar surface area (TPSA) is 35.5 Å². The number of hydrogen-bond donors (Lipinski definition) is 0. The van der Waals surface area contributed by atoms with Crippen molar-refractivity contribution in [2.75, 3.05) is 0 Å². The number of esters is 1. The molecule has 1 unspecified atom stereocenters. The summed E-state index contributed by atoms with van der Waals surface area (Å²) in [6.45, 7) is 3.70. The summed E-state index contributed by atoms with van der Waals surface area (Å²) >= 11 is 0. The molecule has 4 heteroatoms. The van der Waals surface area contributed by atoms with Crippen LogP contribution in [-0.4, -0.2) is 24.5 Å². The summed E-state index contributed by atoms with van der Waals surface area (Å²) < 4.78 is 24.4. The summed E-state index contributed by atoms with van der Waals surface area (Å²) in [5.41, 5.74) is 0.404. The van der Waals surface area contributed by atoms with Crippen LogP contribution in [0.5, 0.6) is 0 Å². The van der Waals surface area contributed by atoms with Crippen molar-refractivity contribution in [1.82, 2.24) is 0 Å². The fraction of sp³-hybridized carbons (Fsp3) is 0.500. The van der Waals surface area contributed by atoms with Crippen LogP contribution >= 0.6 is 0 Å². The van der Waals surface area contributed by atoms with Gasteiger partial charge >= 0.3 is 5.97 Å². The third-order valence-electron chi connectivity index (χ3n) is 3.29. The Morgan fingerprint density at radius 3 is 2.61 bits per heavy atom. The number of hydrogen-bond acceptors (Lipinski definition) is 3. The molecule has 1 aromatic rings. The van der Waals surface area contributed by atoms with Gasteiger partial charge < -0.3 is 9.47 Å². The van der Waals surface area contributed by atoms with E-state index in [2.05, 4.69) is 0 Å². The van der Waals surface area contributed by atoms with Crippen molar-refractivity contribution in [2.45, 2.75) is 38.8 Å². The molecular weight excluding hydrogens is 235 g/mol. The van der Waals surface area contributed by atoms with E-state index in [1.807, 2.05) is 6.92 Å². The lowest BCUT2D eigenvalue weighted by Crippen LogP contribution is -2.26. The first-order valence-corrected chi connectivity index (χ1v) is 6.19. The molecule has 0 aliphatic carbocycles. The fourth-order valence-electron chi connectivity index (χ4n) is 2.13. The molecule has 1 aromatic carbocycles. The van der Waals surface area contributed by atoms with Crippen LogP contribution in [0.15, 0.2) is 30.3 Å². The van der Waals surface area contributed by atoms with Gasteiger partial charge in [-0.2, -0.15) is 0 Å². The Balaban J connectivity index is 2.00. The molecule has 1 saturated heterocycles. The van der Waals surface area contributed by atoms with Gasteiger partial charge in [0.05, 0.1) is 11.7 Å². The van der Waals surface area contributed by atoms with Crippen LogP contribution < -0.4 is 0 Å². The van der Waals surface area contributed by atoms with E-state index in [9.17, 15) is 9.18 Å². The zero-order chi connectivity index (χ0) is 13.1. The van der Waals surface area contributed by atoms with E-state index < -0.39 is 18.4 Å². The van der Waals surface area contributed by atoms with Gasteiger partial charge in [0.2, 0.25) is 6.29 Å². The predicted molar refractivity (Wildman–Crippen MR) is 64.9 cm³/mol. The lowest BCUT2D eigenvalue weighted by atomic mass is 10.0. The van der Waals surface area contributed by atoms with E-state index in [4.69, 9.17) is 9.47 Å². The van der Waals surface area contributed by atoms with E-state index in [0.29, 0.717) is 12.0 Å². The molecule has 0 spiro atoms. The molecule has 0 aromatic heterocycles. The Kier molecular flexibility index (Phi) is 3.97. The van der Waals surface area contributed by atoms with Crippen molar-refractivity contribution in [3.05, 3.63) is 35.9 Å².